The minimum atomic E-state index is -2.29. The maximum absolute atomic E-state index is 11.6. The molecule has 0 saturated heterocycles. The van der Waals surface area contributed by atoms with E-state index >= 15 is 0 Å². The van der Waals surface area contributed by atoms with Crippen molar-refractivity contribution in [3.05, 3.63) is 0 Å². The first-order valence-electron chi connectivity index (χ1n) is 7.80. The Bertz CT molecular complexity index is 358. The standard InChI is InChI=1S/C14H29NO11/c16-2-12(3-17,4-18)15(1-11(25)26,13(5-19,6-20)7-21)14(8-22,9-23)10-24/h16-24H,1-10H2/p+1. The van der Waals surface area contributed by atoms with E-state index in [1.807, 2.05) is 0 Å². The molecule has 156 valence electrons. The van der Waals surface area contributed by atoms with Crippen LogP contribution in [0.25, 0.3) is 0 Å². The van der Waals surface area contributed by atoms with E-state index in [0.29, 0.717) is 0 Å². The van der Waals surface area contributed by atoms with Gasteiger partial charge in [0.15, 0.2) is 23.2 Å². The molecule has 0 heterocycles. The van der Waals surface area contributed by atoms with Crippen molar-refractivity contribution in [1.29, 1.82) is 0 Å². The summed E-state index contributed by atoms with van der Waals surface area (Å²) in [5, 5.41) is 98.6. The van der Waals surface area contributed by atoms with Gasteiger partial charge < -0.3 is 51.1 Å². The molecule has 12 heteroatoms. The van der Waals surface area contributed by atoms with Crippen LogP contribution in [0.1, 0.15) is 0 Å². The normalized spacial score (nSPS) is 13.9. The van der Waals surface area contributed by atoms with Gasteiger partial charge in [0.25, 0.3) is 0 Å². The van der Waals surface area contributed by atoms with Crippen LogP contribution in [0.5, 0.6) is 0 Å². The van der Waals surface area contributed by atoms with Crippen LogP contribution in [0.3, 0.4) is 0 Å². The molecule has 10 N–H and O–H groups in total. The number of nitrogens with zero attached hydrogens (tertiary/aromatic N) is 1. The molecule has 0 spiro atoms. The zero-order valence-electron chi connectivity index (χ0n) is 14.4. The van der Waals surface area contributed by atoms with Crippen LogP contribution >= 0.6 is 0 Å². The van der Waals surface area contributed by atoms with Crippen LogP contribution in [0.2, 0.25) is 0 Å². The molecule has 0 aromatic rings. The number of hydrogen-bond acceptors (Lipinski definition) is 10. The zero-order valence-corrected chi connectivity index (χ0v) is 14.4. The summed E-state index contributed by atoms with van der Waals surface area (Å²) in [5.74, 6) is -1.64. The largest absolute Gasteiger partial charge is 0.477 e. The highest BCUT2D eigenvalue weighted by Gasteiger charge is 2.71. The summed E-state index contributed by atoms with van der Waals surface area (Å²) in [6.07, 6.45) is 0. The SMILES string of the molecule is O=C(O)C[N+](C(CO)(CO)CO)(C(CO)(CO)CO)C(CO)(CO)CO. The van der Waals surface area contributed by atoms with Gasteiger partial charge in [-0.25, -0.2) is 4.79 Å². The molecule has 0 aliphatic carbocycles. The number of carboxylic acids is 1. The molecule has 0 fully saturated rings. The summed E-state index contributed by atoms with van der Waals surface area (Å²) >= 11 is 0. The van der Waals surface area contributed by atoms with E-state index in [-0.39, 0.29) is 0 Å². The highest BCUT2D eigenvalue weighted by Crippen LogP contribution is 2.44. The number of aliphatic hydroxyl groups is 9. The fourth-order valence-corrected chi connectivity index (χ4v) is 3.75. The molecule has 12 nitrogen and oxygen atoms in total. The summed E-state index contributed by atoms with van der Waals surface area (Å²) in [5.41, 5.74) is -6.87. The Kier molecular flexibility index (Phi) is 9.49. The molecule has 0 saturated carbocycles. The Morgan fingerprint density at radius 1 is 0.538 bits per heavy atom. The number of carbonyl (C=O) groups is 1. The van der Waals surface area contributed by atoms with E-state index in [2.05, 4.69) is 0 Å². The monoisotopic (exact) mass is 388 g/mol. The second-order valence-electron chi connectivity index (χ2n) is 6.46. The van der Waals surface area contributed by atoms with Crippen LogP contribution in [-0.4, -0.2) is 144 Å². The molecule has 0 radical (unpaired) electrons. The zero-order chi connectivity index (χ0) is 20.6. The van der Waals surface area contributed by atoms with E-state index in [1.54, 1.807) is 0 Å². The predicted octanol–water partition coefficient (Wildman–Crippen LogP) is -5.97. The first-order chi connectivity index (χ1) is 12.2. The van der Waals surface area contributed by atoms with Crippen molar-refractivity contribution in [2.75, 3.05) is 66.0 Å². The van der Waals surface area contributed by atoms with Gasteiger partial charge in [-0.15, -0.1) is 0 Å². The Balaban J connectivity index is 7.44. The lowest BCUT2D eigenvalue weighted by Crippen LogP contribution is -2.91. The van der Waals surface area contributed by atoms with Crippen LogP contribution in [0, 0.1) is 0 Å². The molecular weight excluding hydrogens is 358 g/mol. The van der Waals surface area contributed by atoms with E-state index in [1.165, 1.54) is 0 Å². The number of carboxylic acid groups (broad SMARTS) is 1. The van der Waals surface area contributed by atoms with Gasteiger partial charge in [0.2, 0.25) is 0 Å². The van der Waals surface area contributed by atoms with Crippen LogP contribution in [0.4, 0.5) is 0 Å². The van der Waals surface area contributed by atoms with Crippen LogP contribution < -0.4 is 0 Å². The number of quaternary nitrogens is 1. The molecule has 0 aliphatic rings. The second-order valence-corrected chi connectivity index (χ2v) is 6.46. The van der Waals surface area contributed by atoms with Gasteiger partial charge in [-0.1, -0.05) is 0 Å². The third-order valence-corrected chi connectivity index (χ3v) is 5.45. The topological polar surface area (TPSA) is 219 Å². The van der Waals surface area contributed by atoms with E-state index in [0.717, 1.165) is 0 Å². The van der Waals surface area contributed by atoms with Gasteiger partial charge in [0, 0.05) is 0 Å². The van der Waals surface area contributed by atoms with Crippen molar-refractivity contribution in [1.82, 2.24) is 0 Å². The molecule has 0 aliphatic heterocycles. The fraction of sp³-hybridized carbons (Fsp3) is 0.929. The van der Waals surface area contributed by atoms with Gasteiger partial charge in [-0.3, -0.25) is 4.48 Å². The number of rotatable bonds is 14. The van der Waals surface area contributed by atoms with Crippen LogP contribution in [0.15, 0.2) is 0 Å². The second kappa shape index (κ2) is 9.85. The molecule has 0 amide bonds. The van der Waals surface area contributed by atoms with E-state index in [4.69, 9.17) is 0 Å². The third kappa shape index (κ3) is 3.33. The lowest BCUT2D eigenvalue weighted by Gasteiger charge is -2.65. The summed E-state index contributed by atoms with van der Waals surface area (Å²) in [4.78, 5) is 11.6. The first-order valence-corrected chi connectivity index (χ1v) is 7.80. The lowest BCUT2D eigenvalue weighted by atomic mass is 9.76. The predicted molar refractivity (Wildman–Crippen MR) is 84.7 cm³/mol. The van der Waals surface area contributed by atoms with E-state index < -0.39 is 93.1 Å². The first kappa shape index (κ1) is 25.1. The van der Waals surface area contributed by atoms with Crippen molar-refractivity contribution in [3.63, 3.8) is 0 Å². The Labute approximate surface area is 150 Å². The minimum absolute atomic E-state index is 1.13. The highest BCUT2D eigenvalue weighted by atomic mass is 16.4. The van der Waals surface area contributed by atoms with Gasteiger partial charge in [0.1, 0.15) is 59.5 Å². The van der Waals surface area contributed by atoms with E-state index in [9.17, 15) is 55.9 Å². The maximum Gasteiger partial charge on any atom is 0.359 e. The van der Waals surface area contributed by atoms with Gasteiger partial charge in [0.05, 0.1) is 0 Å². The molecule has 0 atom stereocenters. The smallest absolute Gasteiger partial charge is 0.359 e. The van der Waals surface area contributed by atoms with Crippen molar-refractivity contribution >= 4 is 5.97 Å². The Hall–Kier alpha value is -0.930. The van der Waals surface area contributed by atoms with Crippen molar-refractivity contribution in [3.8, 4) is 0 Å². The van der Waals surface area contributed by atoms with Crippen molar-refractivity contribution < 1.29 is 60.3 Å². The molecule has 0 aromatic heterocycles. The Morgan fingerprint density at radius 2 is 0.731 bits per heavy atom. The molecule has 26 heavy (non-hydrogen) atoms. The van der Waals surface area contributed by atoms with Gasteiger partial charge in [-0.05, 0) is 0 Å². The molecular formula is C14H30NO11+. The van der Waals surface area contributed by atoms with Crippen molar-refractivity contribution in [2.45, 2.75) is 16.6 Å². The van der Waals surface area contributed by atoms with Crippen molar-refractivity contribution in [2.24, 2.45) is 0 Å². The minimum Gasteiger partial charge on any atom is -0.477 e. The van der Waals surface area contributed by atoms with Gasteiger partial charge in [-0.2, -0.15) is 0 Å². The third-order valence-electron chi connectivity index (χ3n) is 5.45. The molecule has 0 unspecified atom stereocenters. The average Bonchev–Trinajstić information content (AvgIpc) is 2.66. The summed E-state index contributed by atoms with van der Waals surface area (Å²) in [6, 6.07) is 0. The number of aliphatic hydroxyl groups excluding tert-OH is 9. The highest BCUT2D eigenvalue weighted by molar-refractivity contribution is 5.68. The molecule has 0 bridgehead atoms. The average molecular weight is 388 g/mol. The number of hydrogen-bond donors (Lipinski definition) is 10. The molecule has 0 aromatic carbocycles. The molecule has 0 rings (SSSR count). The quantitative estimate of drug-likeness (QED) is 0.126. The van der Waals surface area contributed by atoms with Gasteiger partial charge >= 0.3 is 5.97 Å². The summed E-state index contributed by atoms with van der Waals surface area (Å²) in [6.45, 7) is -11.3. The fourth-order valence-electron chi connectivity index (χ4n) is 3.75. The summed E-state index contributed by atoms with van der Waals surface area (Å²) < 4.78 is -1.49. The maximum atomic E-state index is 11.6. The lowest BCUT2D eigenvalue weighted by molar-refractivity contribution is -1.06. The summed E-state index contributed by atoms with van der Waals surface area (Å²) in [7, 11) is 0. The Morgan fingerprint density at radius 3 is 0.846 bits per heavy atom. The van der Waals surface area contributed by atoms with Crippen LogP contribution in [-0.2, 0) is 4.79 Å². The number of aliphatic carboxylic acids is 1.